The molecule has 2 atom stereocenters. The van der Waals surface area contributed by atoms with Gasteiger partial charge in [0.25, 0.3) is 0 Å². The van der Waals surface area contributed by atoms with Gasteiger partial charge < -0.3 is 0 Å². The van der Waals surface area contributed by atoms with Crippen LogP contribution in [-0.2, 0) is 0 Å². The molecule has 1 aliphatic carbocycles. The van der Waals surface area contributed by atoms with Crippen LogP contribution in [-0.4, -0.2) is 5.78 Å². The standard InChI is InChI=1S/C13H15FO/c1-9-3-2-4-12(9)13(15)10-5-7-11(14)8-6-10/h5-9,12H,2-4H2,1H3. The van der Waals surface area contributed by atoms with E-state index in [-0.39, 0.29) is 17.5 Å². The van der Waals surface area contributed by atoms with Gasteiger partial charge in [-0.3, -0.25) is 4.79 Å². The Kier molecular flexibility index (Phi) is 2.85. The van der Waals surface area contributed by atoms with Gasteiger partial charge in [-0.15, -0.1) is 0 Å². The number of rotatable bonds is 2. The molecular formula is C13H15FO. The van der Waals surface area contributed by atoms with E-state index in [1.807, 2.05) is 0 Å². The first kappa shape index (κ1) is 10.3. The quantitative estimate of drug-likeness (QED) is 0.677. The second kappa shape index (κ2) is 4.13. The molecule has 0 spiro atoms. The topological polar surface area (TPSA) is 17.1 Å². The van der Waals surface area contributed by atoms with E-state index in [4.69, 9.17) is 0 Å². The van der Waals surface area contributed by atoms with E-state index in [1.54, 1.807) is 12.1 Å². The van der Waals surface area contributed by atoms with Crippen LogP contribution in [0.3, 0.4) is 0 Å². The zero-order valence-electron chi connectivity index (χ0n) is 8.87. The summed E-state index contributed by atoms with van der Waals surface area (Å²) in [5, 5.41) is 0. The van der Waals surface area contributed by atoms with Crippen molar-refractivity contribution in [3.8, 4) is 0 Å². The molecule has 80 valence electrons. The summed E-state index contributed by atoms with van der Waals surface area (Å²) in [6.07, 6.45) is 3.26. The fourth-order valence-corrected chi connectivity index (χ4v) is 2.36. The van der Waals surface area contributed by atoms with Crippen molar-refractivity contribution in [1.82, 2.24) is 0 Å². The van der Waals surface area contributed by atoms with E-state index in [0.29, 0.717) is 11.5 Å². The van der Waals surface area contributed by atoms with Crippen LogP contribution in [0.25, 0.3) is 0 Å². The number of carbonyl (C=O) groups excluding carboxylic acids is 1. The minimum Gasteiger partial charge on any atom is -0.294 e. The molecule has 1 aliphatic rings. The third-order valence-electron chi connectivity index (χ3n) is 3.33. The molecule has 0 aromatic heterocycles. The van der Waals surface area contributed by atoms with Crippen molar-refractivity contribution < 1.29 is 9.18 Å². The molecule has 15 heavy (non-hydrogen) atoms. The number of benzene rings is 1. The third kappa shape index (κ3) is 2.09. The first-order chi connectivity index (χ1) is 7.18. The number of hydrogen-bond acceptors (Lipinski definition) is 1. The summed E-state index contributed by atoms with van der Waals surface area (Å²) < 4.78 is 12.7. The van der Waals surface area contributed by atoms with Gasteiger partial charge in [0.2, 0.25) is 0 Å². The Bertz CT molecular complexity index is 355. The lowest BCUT2D eigenvalue weighted by molar-refractivity contribution is 0.0897. The van der Waals surface area contributed by atoms with Gasteiger partial charge in [0.05, 0.1) is 0 Å². The molecular weight excluding hydrogens is 191 g/mol. The molecule has 0 aliphatic heterocycles. The molecule has 0 bridgehead atoms. The smallest absolute Gasteiger partial charge is 0.166 e. The maximum absolute atomic E-state index is 12.7. The maximum Gasteiger partial charge on any atom is 0.166 e. The van der Waals surface area contributed by atoms with Crippen molar-refractivity contribution in [2.45, 2.75) is 26.2 Å². The zero-order chi connectivity index (χ0) is 10.8. The van der Waals surface area contributed by atoms with Crippen LogP contribution in [0.1, 0.15) is 36.5 Å². The predicted octanol–water partition coefficient (Wildman–Crippen LogP) is 3.44. The Labute approximate surface area is 89.3 Å². The van der Waals surface area contributed by atoms with Crippen LogP contribution in [0.15, 0.2) is 24.3 Å². The van der Waals surface area contributed by atoms with Gasteiger partial charge in [-0.25, -0.2) is 4.39 Å². The largest absolute Gasteiger partial charge is 0.294 e. The molecule has 2 heteroatoms. The fraction of sp³-hybridized carbons (Fsp3) is 0.462. The van der Waals surface area contributed by atoms with Gasteiger partial charge in [-0.05, 0) is 43.0 Å². The minimum atomic E-state index is -0.286. The first-order valence-corrected chi connectivity index (χ1v) is 5.48. The highest BCUT2D eigenvalue weighted by Crippen LogP contribution is 2.33. The van der Waals surface area contributed by atoms with E-state index in [9.17, 15) is 9.18 Å². The second-order valence-corrected chi connectivity index (χ2v) is 4.39. The van der Waals surface area contributed by atoms with Gasteiger partial charge in [0, 0.05) is 11.5 Å². The van der Waals surface area contributed by atoms with Crippen LogP contribution in [0, 0.1) is 17.7 Å². The monoisotopic (exact) mass is 206 g/mol. The van der Waals surface area contributed by atoms with E-state index < -0.39 is 0 Å². The molecule has 2 rings (SSSR count). The van der Waals surface area contributed by atoms with Crippen molar-refractivity contribution in [3.63, 3.8) is 0 Å². The average Bonchev–Trinajstić information content (AvgIpc) is 2.65. The number of hydrogen-bond donors (Lipinski definition) is 0. The summed E-state index contributed by atoms with van der Waals surface area (Å²) in [6, 6.07) is 5.88. The highest BCUT2D eigenvalue weighted by molar-refractivity contribution is 5.98. The fourth-order valence-electron chi connectivity index (χ4n) is 2.36. The molecule has 0 radical (unpaired) electrons. The summed E-state index contributed by atoms with van der Waals surface area (Å²) in [4.78, 5) is 12.0. The zero-order valence-corrected chi connectivity index (χ0v) is 8.87. The number of halogens is 1. The number of carbonyl (C=O) groups is 1. The average molecular weight is 206 g/mol. The molecule has 0 N–H and O–H groups in total. The molecule has 0 amide bonds. The number of ketones is 1. The molecule has 2 unspecified atom stereocenters. The normalized spacial score (nSPS) is 25.5. The van der Waals surface area contributed by atoms with Crippen molar-refractivity contribution in [1.29, 1.82) is 0 Å². The lowest BCUT2D eigenvalue weighted by Crippen LogP contribution is -2.17. The van der Waals surface area contributed by atoms with Crippen LogP contribution in [0.5, 0.6) is 0 Å². The Hall–Kier alpha value is -1.18. The summed E-state index contributed by atoms with van der Waals surface area (Å²) in [5.41, 5.74) is 0.648. The molecule has 1 nitrogen and oxygen atoms in total. The SMILES string of the molecule is CC1CCCC1C(=O)c1ccc(F)cc1. The number of Topliss-reactive ketones (excluding diaryl/α,β-unsaturated/α-hetero) is 1. The third-order valence-corrected chi connectivity index (χ3v) is 3.33. The van der Waals surface area contributed by atoms with Gasteiger partial charge in [0.15, 0.2) is 5.78 Å². The predicted molar refractivity (Wildman–Crippen MR) is 57.2 cm³/mol. The van der Waals surface area contributed by atoms with Crippen molar-refractivity contribution in [2.24, 2.45) is 11.8 Å². The summed E-state index contributed by atoms with van der Waals surface area (Å²) in [6.45, 7) is 2.12. The van der Waals surface area contributed by atoms with Crippen molar-refractivity contribution >= 4 is 5.78 Å². The summed E-state index contributed by atoms with van der Waals surface area (Å²) >= 11 is 0. The van der Waals surface area contributed by atoms with Crippen molar-refractivity contribution in [3.05, 3.63) is 35.6 Å². The molecule has 1 saturated carbocycles. The molecule has 1 fully saturated rings. The Morgan fingerprint density at radius 3 is 2.47 bits per heavy atom. The van der Waals surface area contributed by atoms with Crippen LogP contribution < -0.4 is 0 Å². The van der Waals surface area contributed by atoms with Crippen LogP contribution in [0.4, 0.5) is 4.39 Å². The van der Waals surface area contributed by atoms with Gasteiger partial charge in [-0.2, -0.15) is 0 Å². The highest BCUT2D eigenvalue weighted by Gasteiger charge is 2.30. The Morgan fingerprint density at radius 1 is 1.27 bits per heavy atom. The van der Waals surface area contributed by atoms with E-state index >= 15 is 0 Å². The molecule has 1 aromatic rings. The summed E-state index contributed by atoms with van der Waals surface area (Å²) in [7, 11) is 0. The van der Waals surface area contributed by atoms with Gasteiger partial charge in [-0.1, -0.05) is 13.3 Å². The Morgan fingerprint density at radius 2 is 1.93 bits per heavy atom. The molecule has 0 heterocycles. The van der Waals surface area contributed by atoms with Crippen molar-refractivity contribution in [2.75, 3.05) is 0 Å². The van der Waals surface area contributed by atoms with E-state index in [2.05, 4.69) is 6.92 Å². The highest BCUT2D eigenvalue weighted by atomic mass is 19.1. The van der Waals surface area contributed by atoms with Crippen LogP contribution >= 0.6 is 0 Å². The van der Waals surface area contributed by atoms with Gasteiger partial charge in [0.1, 0.15) is 5.82 Å². The van der Waals surface area contributed by atoms with E-state index in [0.717, 1.165) is 19.3 Å². The lowest BCUT2D eigenvalue weighted by Gasteiger charge is -2.13. The second-order valence-electron chi connectivity index (χ2n) is 4.39. The minimum absolute atomic E-state index is 0.149. The Balaban J connectivity index is 2.17. The molecule has 1 aromatic carbocycles. The van der Waals surface area contributed by atoms with E-state index in [1.165, 1.54) is 12.1 Å². The lowest BCUT2D eigenvalue weighted by atomic mass is 9.90. The summed E-state index contributed by atoms with van der Waals surface area (Å²) in [5.74, 6) is 0.518. The van der Waals surface area contributed by atoms with Crippen LogP contribution in [0.2, 0.25) is 0 Å². The first-order valence-electron chi connectivity index (χ1n) is 5.48. The molecule has 0 saturated heterocycles. The van der Waals surface area contributed by atoms with Gasteiger partial charge >= 0.3 is 0 Å². The maximum atomic E-state index is 12.7.